The molecule has 3 aromatic carbocycles. The second-order valence-electron chi connectivity index (χ2n) is 12.8. The van der Waals surface area contributed by atoms with E-state index in [9.17, 15) is 24.0 Å². The summed E-state index contributed by atoms with van der Waals surface area (Å²) in [6.07, 6.45) is 1.40. The molecule has 0 aliphatic heterocycles. The average molecular weight is 783 g/mol. The molecule has 0 saturated heterocycles. The first kappa shape index (κ1) is 48.3. The van der Waals surface area contributed by atoms with Gasteiger partial charge in [0.15, 0.2) is 5.78 Å². The Balaban J connectivity index is 0.00000207. The van der Waals surface area contributed by atoms with Crippen molar-refractivity contribution < 1.29 is 63.5 Å². The Morgan fingerprint density at radius 3 is 1.77 bits per heavy atom. The Morgan fingerprint density at radius 1 is 0.696 bits per heavy atom. The van der Waals surface area contributed by atoms with E-state index in [0.717, 1.165) is 34.4 Å². The summed E-state index contributed by atoms with van der Waals surface area (Å²) in [5.41, 5.74) is 8.96. The van der Waals surface area contributed by atoms with E-state index in [4.69, 9.17) is 45.3 Å². The minimum Gasteiger partial charge on any atom is -0.481 e. The Kier molecular flexibility index (Phi) is 23.3. The van der Waals surface area contributed by atoms with E-state index >= 15 is 0 Å². The maximum Gasteiger partial charge on any atom is 0.373 e. The highest BCUT2D eigenvalue weighted by Crippen LogP contribution is 2.17. The number of carbonyl (C=O) groups is 6. The lowest BCUT2D eigenvalue weighted by Gasteiger charge is -2.27. The fourth-order valence-electron chi connectivity index (χ4n) is 5.30. The molecule has 0 aliphatic carbocycles. The summed E-state index contributed by atoms with van der Waals surface area (Å²) in [5.74, 6) is -4.37. The molecule has 304 valence electrons. The van der Waals surface area contributed by atoms with Crippen LogP contribution in [0.5, 0.6) is 0 Å². The third kappa shape index (κ3) is 22.5. The van der Waals surface area contributed by atoms with Gasteiger partial charge in [0, 0.05) is 39.5 Å². The number of carboxylic acids is 4. The summed E-state index contributed by atoms with van der Waals surface area (Å²) in [6, 6.07) is 20.9. The average Bonchev–Trinajstić information content (AvgIpc) is 3.11. The maximum absolute atomic E-state index is 12.9. The molecule has 17 nitrogen and oxygen atoms in total. The number of Topliss-reactive ketones (excluding diaryl/α,β-unsaturated/α-hetero) is 2. The van der Waals surface area contributed by atoms with Gasteiger partial charge >= 0.3 is 24.1 Å². The number of hydrogen-bond acceptors (Lipinski definition) is 13. The van der Waals surface area contributed by atoms with Crippen LogP contribution in [0.25, 0.3) is 10.8 Å². The number of hydrogen-bond donors (Lipinski definition) is 5. The second kappa shape index (κ2) is 27.0. The number of fused-ring (bicyclic) bond motifs is 1. The second-order valence-corrected chi connectivity index (χ2v) is 12.8. The molecule has 0 amide bonds. The van der Waals surface area contributed by atoms with Gasteiger partial charge in [0.1, 0.15) is 12.4 Å². The molecule has 0 saturated carbocycles. The van der Waals surface area contributed by atoms with E-state index < -0.39 is 43.0 Å². The molecule has 0 unspecified atom stereocenters. The fraction of sp³-hybridized carbons (Fsp3) is 0.410. The van der Waals surface area contributed by atoms with Gasteiger partial charge in [-0.2, -0.15) is 9.59 Å². The number of ether oxygens (including phenoxy) is 1. The quantitative estimate of drug-likeness (QED) is 0.0857. The number of nitrogens with two attached hydrogens (primary N) is 1. The van der Waals surface area contributed by atoms with Crippen LogP contribution in [-0.4, -0.2) is 149 Å². The molecular formula is C39H50N4O13. The molecule has 17 heteroatoms. The molecular weight excluding hydrogens is 732 g/mol. The molecule has 3 aromatic rings. The molecule has 0 fully saturated rings. The largest absolute Gasteiger partial charge is 0.481 e. The molecule has 0 bridgehead atoms. The summed E-state index contributed by atoms with van der Waals surface area (Å²) < 4.78 is 5.64. The van der Waals surface area contributed by atoms with E-state index in [1.807, 2.05) is 66.7 Å². The number of rotatable bonds is 24. The Labute approximate surface area is 324 Å². The predicted octanol–water partition coefficient (Wildman–Crippen LogP) is 1.29. The van der Waals surface area contributed by atoms with Crippen LogP contribution in [0.2, 0.25) is 0 Å². The number of nitrogens with zero attached hydrogens (tertiary/aromatic N) is 3. The van der Waals surface area contributed by atoms with Gasteiger partial charge in [-0.25, -0.2) is 0 Å². The van der Waals surface area contributed by atoms with Crippen molar-refractivity contribution >= 4 is 52.4 Å². The zero-order chi connectivity index (χ0) is 42.0. The Hall–Kier alpha value is -5.68. The van der Waals surface area contributed by atoms with E-state index in [2.05, 4.69) is 0 Å². The summed E-state index contributed by atoms with van der Waals surface area (Å²) in [4.78, 5) is 88.8. The monoisotopic (exact) mass is 782 g/mol. The van der Waals surface area contributed by atoms with Crippen LogP contribution in [0.1, 0.15) is 30.0 Å². The highest BCUT2D eigenvalue weighted by Gasteiger charge is 2.18. The van der Waals surface area contributed by atoms with Gasteiger partial charge in [0.2, 0.25) is 0 Å². The standard InChI is InChI=1S/C36H46N4O9.C2H4O2.CO2/c1-38(21-34(43)44)14-15-39(16-17-40(22-35(45)46)23-36(47)48)20-31(41)13-11-26-6-8-27(9-7-26)24-49-25-33(42)32(37)19-28-10-12-29-4-2-3-5-30(29)18-28;1-2(3)4;2-1-3/h2-10,12,18,32H,11,13-17,19-25,37H2,1H3,(H,43,44)(H,45,46)(H,47,48);1H3,(H,3,4);/t32-;;/m1../s1. The lowest BCUT2D eigenvalue weighted by Crippen LogP contribution is -2.44. The summed E-state index contributed by atoms with van der Waals surface area (Å²) in [5, 5.41) is 36.9. The molecule has 0 aromatic heterocycles. The van der Waals surface area contributed by atoms with Crippen molar-refractivity contribution in [2.24, 2.45) is 5.73 Å². The first-order valence-electron chi connectivity index (χ1n) is 17.4. The number of likely N-dealkylation sites (N-methyl/N-ethyl adjacent to an activating group) is 1. The van der Waals surface area contributed by atoms with Crippen LogP contribution in [-0.2, 0) is 62.5 Å². The Morgan fingerprint density at radius 2 is 1.20 bits per heavy atom. The first-order valence-corrected chi connectivity index (χ1v) is 17.4. The van der Waals surface area contributed by atoms with Crippen LogP contribution in [0, 0.1) is 0 Å². The molecule has 0 heterocycles. The maximum atomic E-state index is 12.9. The lowest BCUT2D eigenvalue weighted by molar-refractivity contribution is -0.192. The molecule has 1 atom stereocenters. The molecule has 3 rings (SSSR count). The molecule has 0 radical (unpaired) electrons. The van der Waals surface area contributed by atoms with Crippen molar-refractivity contribution in [2.75, 3.05) is 66.0 Å². The predicted molar refractivity (Wildman–Crippen MR) is 202 cm³/mol. The van der Waals surface area contributed by atoms with Gasteiger partial charge in [0.25, 0.3) is 5.97 Å². The zero-order valence-electron chi connectivity index (χ0n) is 31.5. The third-order valence-electron chi connectivity index (χ3n) is 7.96. The van der Waals surface area contributed by atoms with E-state index in [0.29, 0.717) is 25.9 Å². The molecule has 0 spiro atoms. The number of aryl methyl sites for hydroxylation is 1. The van der Waals surface area contributed by atoms with Gasteiger partial charge in [-0.15, -0.1) is 0 Å². The van der Waals surface area contributed by atoms with Gasteiger partial charge < -0.3 is 30.9 Å². The van der Waals surface area contributed by atoms with Gasteiger partial charge in [-0.1, -0.05) is 66.7 Å². The normalized spacial score (nSPS) is 11.2. The van der Waals surface area contributed by atoms with Crippen molar-refractivity contribution in [3.8, 4) is 0 Å². The van der Waals surface area contributed by atoms with Crippen LogP contribution < -0.4 is 5.73 Å². The number of carbonyl (C=O) groups excluding carboxylic acids is 4. The minimum atomic E-state index is -1.16. The van der Waals surface area contributed by atoms with Gasteiger partial charge in [0.05, 0.1) is 38.8 Å². The zero-order valence-corrected chi connectivity index (χ0v) is 31.5. The smallest absolute Gasteiger partial charge is 0.373 e. The summed E-state index contributed by atoms with van der Waals surface area (Å²) in [6.45, 7) is 1.23. The molecule has 0 aliphatic rings. The van der Waals surface area contributed by atoms with E-state index in [1.165, 1.54) is 4.90 Å². The van der Waals surface area contributed by atoms with Crippen LogP contribution >= 0.6 is 0 Å². The van der Waals surface area contributed by atoms with Crippen molar-refractivity contribution in [3.63, 3.8) is 0 Å². The Bertz CT molecular complexity index is 1740. The fourth-order valence-corrected chi connectivity index (χ4v) is 5.30. The van der Waals surface area contributed by atoms with Gasteiger partial charge in [-0.3, -0.25) is 43.5 Å². The highest BCUT2D eigenvalue weighted by molar-refractivity contribution is 5.86. The third-order valence-corrected chi connectivity index (χ3v) is 7.96. The number of carboxylic acid groups (broad SMARTS) is 4. The topological polar surface area (TPSA) is 262 Å². The van der Waals surface area contributed by atoms with Crippen molar-refractivity contribution in [1.82, 2.24) is 14.7 Å². The summed E-state index contributed by atoms with van der Waals surface area (Å²) >= 11 is 0. The van der Waals surface area contributed by atoms with E-state index in [-0.39, 0.29) is 63.5 Å². The van der Waals surface area contributed by atoms with E-state index in [1.54, 1.807) is 16.8 Å². The number of benzene rings is 3. The van der Waals surface area contributed by atoms with Crippen LogP contribution in [0.15, 0.2) is 66.7 Å². The lowest BCUT2D eigenvalue weighted by atomic mass is 10.0. The van der Waals surface area contributed by atoms with Gasteiger partial charge in [-0.05, 0) is 47.4 Å². The highest BCUT2D eigenvalue weighted by atomic mass is 16.5. The van der Waals surface area contributed by atoms with Crippen molar-refractivity contribution in [1.29, 1.82) is 0 Å². The number of aliphatic carboxylic acids is 4. The van der Waals surface area contributed by atoms with Crippen molar-refractivity contribution in [3.05, 3.63) is 83.4 Å². The summed E-state index contributed by atoms with van der Waals surface area (Å²) in [7, 11) is 1.64. The molecule has 56 heavy (non-hydrogen) atoms. The van der Waals surface area contributed by atoms with Crippen molar-refractivity contribution in [2.45, 2.75) is 38.8 Å². The number of ketones is 2. The molecule has 6 N–H and O–H groups in total. The minimum absolute atomic E-state index is 0.0534. The SMILES string of the molecule is CC(=O)O.CN(CCN(CCN(CC(=O)O)CC(=O)O)CC(=O)CCc1ccc(COCC(=O)[C@H](N)Cc2ccc3ccccc3c2)cc1)CC(=O)O.O=C=O. The first-order chi connectivity index (χ1) is 26.5. The van der Waals surface area contributed by atoms with Crippen LogP contribution in [0.4, 0.5) is 0 Å². The van der Waals surface area contributed by atoms with Crippen LogP contribution in [0.3, 0.4) is 0 Å².